The Balaban J connectivity index is 1.60. The molecule has 0 amide bonds. The molecule has 5 heteroatoms. The molecule has 0 saturated carbocycles. The van der Waals surface area contributed by atoms with Crippen molar-refractivity contribution in [1.82, 2.24) is 9.80 Å². The maximum atomic E-state index is 5.79. The number of rotatable bonds is 8. The number of thiocarbonyl (C=S) groups is 1. The molecular formula is C23H33N3OS. The highest BCUT2D eigenvalue weighted by Gasteiger charge is 2.17. The van der Waals surface area contributed by atoms with Gasteiger partial charge in [-0.2, -0.15) is 0 Å². The van der Waals surface area contributed by atoms with E-state index in [0.717, 1.165) is 48.4 Å². The summed E-state index contributed by atoms with van der Waals surface area (Å²) in [5.41, 5.74) is 2.38. The second-order valence-corrected chi connectivity index (χ2v) is 8.23. The molecule has 1 saturated heterocycles. The molecule has 0 spiro atoms. The van der Waals surface area contributed by atoms with Gasteiger partial charge in [-0.15, -0.1) is 0 Å². The third-order valence-electron chi connectivity index (χ3n) is 5.50. The molecule has 2 heterocycles. The molecule has 1 N–H and O–H groups in total. The molecule has 0 bridgehead atoms. The smallest absolute Gasteiger partial charge is 0.173 e. The van der Waals surface area contributed by atoms with Gasteiger partial charge in [0.2, 0.25) is 0 Å². The normalized spacial score (nSPS) is 17.4. The Kier molecular flexibility index (Phi) is 7.92. The van der Waals surface area contributed by atoms with E-state index in [4.69, 9.17) is 16.6 Å². The van der Waals surface area contributed by atoms with Gasteiger partial charge in [0.25, 0.3) is 0 Å². The number of nitrogens with zero attached hydrogens (tertiary/aromatic N) is 2. The van der Waals surface area contributed by atoms with Crippen LogP contribution in [0.3, 0.4) is 0 Å². The molecule has 2 aromatic rings. The summed E-state index contributed by atoms with van der Waals surface area (Å²) in [4.78, 5) is 4.83. The van der Waals surface area contributed by atoms with Gasteiger partial charge in [0.15, 0.2) is 5.11 Å². The van der Waals surface area contributed by atoms with Crippen molar-refractivity contribution in [3.05, 3.63) is 54.0 Å². The molecule has 0 radical (unpaired) electrons. The molecule has 1 fully saturated rings. The number of nitrogens with one attached hydrogen (secondary N) is 1. The molecule has 4 nitrogen and oxygen atoms in total. The van der Waals surface area contributed by atoms with Gasteiger partial charge in [0, 0.05) is 18.8 Å². The number of aryl methyl sites for hydroxylation is 1. The minimum absolute atomic E-state index is 0.698. The first kappa shape index (κ1) is 20.9. The molecule has 0 unspecified atom stereocenters. The van der Waals surface area contributed by atoms with E-state index in [1.165, 1.54) is 31.5 Å². The van der Waals surface area contributed by atoms with E-state index in [1.807, 2.05) is 12.1 Å². The Morgan fingerprint density at radius 1 is 1.29 bits per heavy atom. The van der Waals surface area contributed by atoms with Crippen LogP contribution in [0.1, 0.15) is 44.4 Å². The Labute approximate surface area is 174 Å². The summed E-state index contributed by atoms with van der Waals surface area (Å²) < 4.78 is 5.58. The summed E-state index contributed by atoms with van der Waals surface area (Å²) in [7, 11) is 0. The minimum atomic E-state index is 0.698. The van der Waals surface area contributed by atoms with Crippen molar-refractivity contribution < 1.29 is 4.42 Å². The Morgan fingerprint density at radius 2 is 2.14 bits per heavy atom. The first-order chi connectivity index (χ1) is 13.7. The standard InChI is InChI=1S/C23H33N3OS/c1-3-20-10-4-5-12-22(20)24-23(28)26(18-21-11-7-16-27-21)15-8-14-25-13-6-9-19(2)17-25/h4-5,7,10-12,16,19H,3,6,8-9,13-15,17-18H2,1-2H3,(H,24,28)/t19-/m0/s1. The zero-order valence-corrected chi connectivity index (χ0v) is 18.0. The van der Waals surface area contributed by atoms with Crippen LogP contribution in [-0.2, 0) is 13.0 Å². The molecule has 3 rings (SSSR count). The number of benzene rings is 1. The Bertz CT molecular complexity index is 731. The number of furan rings is 1. The number of para-hydroxylation sites is 1. The van der Waals surface area contributed by atoms with Crippen molar-refractivity contribution in [3.8, 4) is 0 Å². The summed E-state index contributed by atoms with van der Waals surface area (Å²) in [6.45, 7) is 9.74. The van der Waals surface area contributed by atoms with Gasteiger partial charge >= 0.3 is 0 Å². The summed E-state index contributed by atoms with van der Waals surface area (Å²) in [6, 6.07) is 12.3. The first-order valence-corrected chi connectivity index (χ1v) is 10.9. The number of anilines is 1. The number of likely N-dealkylation sites (tertiary alicyclic amines) is 1. The summed E-state index contributed by atoms with van der Waals surface area (Å²) in [5.74, 6) is 1.76. The van der Waals surface area contributed by atoms with Gasteiger partial charge in [-0.3, -0.25) is 0 Å². The van der Waals surface area contributed by atoms with E-state index in [-0.39, 0.29) is 0 Å². The minimum Gasteiger partial charge on any atom is -0.467 e. The first-order valence-electron chi connectivity index (χ1n) is 10.5. The SMILES string of the molecule is CCc1ccccc1NC(=S)N(CCCN1CCC[C@H](C)C1)Cc1ccco1. The van der Waals surface area contributed by atoms with E-state index < -0.39 is 0 Å². The van der Waals surface area contributed by atoms with Crippen molar-refractivity contribution in [2.24, 2.45) is 5.92 Å². The van der Waals surface area contributed by atoms with Crippen molar-refractivity contribution in [3.63, 3.8) is 0 Å². The van der Waals surface area contributed by atoms with E-state index in [9.17, 15) is 0 Å². The second kappa shape index (κ2) is 10.6. The van der Waals surface area contributed by atoms with Crippen molar-refractivity contribution in [1.29, 1.82) is 0 Å². The maximum Gasteiger partial charge on any atom is 0.173 e. The van der Waals surface area contributed by atoms with Crippen LogP contribution in [0, 0.1) is 5.92 Å². The fourth-order valence-electron chi connectivity index (χ4n) is 3.96. The van der Waals surface area contributed by atoms with Crippen LogP contribution in [0.25, 0.3) is 0 Å². The largest absolute Gasteiger partial charge is 0.467 e. The molecule has 1 aromatic heterocycles. The van der Waals surface area contributed by atoms with E-state index in [0.29, 0.717) is 6.54 Å². The fraction of sp³-hybridized carbons (Fsp3) is 0.522. The molecule has 152 valence electrons. The molecule has 1 atom stereocenters. The molecule has 1 aliphatic rings. The van der Waals surface area contributed by atoms with Crippen molar-refractivity contribution >= 4 is 23.0 Å². The van der Waals surface area contributed by atoms with Gasteiger partial charge in [0.05, 0.1) is 12.8 Å². The lowest BCUT2D eigenvalue weighted by Crippen LogP contribution is -2.39. The van der Waals surface area contributed by atoms with Crippen LogP contribution >= 0.6 is 12.2 Å². The summed E-state index contributed by atoms with van der Waals surface area (Å²) in [6.07, 6.45) is 6.50. The summed E-state index contributed by atoms with van der Waals surface area (Å²) >= 11 is 5.79. The van der Waals surface area contributed by atoms with Gasteiger partial charge in [0.1, 0.15) is 5.76 Å². The van der Waals surface area contributed by atoms with Crippen LogP contribution in [-0.4, -0.2) is 41.1 Å². The third kappa shape index (κ3) is 6.08. The molecule has 1 aromatic carbocycles. The predicted octanol–water partition coefficient (Wildman–Crippen LogP) is 5.16. The molecule has 0 aliphatic carbocycles. The number of hydrogen-bond acceptors (Lipinski definition) is 3. The Morgan fingerprint density at radius 3 is 2.89 bits per heavy atom. The van der Waals surface area contributed by atoms with E-state index in [1.54, 1.807) is 6.26 Å². The van der Waals surface area contributed by atoms with Crippen LogP contribution in [0.5, 0.6) is 0 Å². The highest BCUT2D eigenvalue weighted by molar-refractivity contribution is 7.80. The monoisotopic (exact) mass is 399 g/mol. The number of piperidine rings is 1. The maximum absolute atomic E-state index is 5.79. The summed E-state index contributed by atoms with van der Waals surface area (Å²) in [5, 5.41) is 4.24. The fourth-order valence-corrected chi connectivity index (χ4v) is 4.23. The molecule has 28 heavy (non-hydrogen) atoms. The van der Waals surface area contributed by atoms with Gasteiger partial charge in [-0.1, -0.05) is 32.0 Å². The van der Waals surface area contributed by atoms with Crippen LogP contribution < -0.4 is 5.32 Å². The highest BCUT2D eigenvalue weighted by atomic mass is 32.1. The third-order valence-corrected chi connectivity index (χ3v) is 5.86. The average Bonchev–Trinajstić information content (AvgIpc) is 3.21. The highest BCUT2D eigenvalue weighted by Crippen LogP contribution is 2.18. The van der Waals surface area contributed by atoms with Gasteiger partial charge in [-0.05, 0) is 80.7 Å². The zero-order valence-electron chi connectivity index (χ0n) is 17.2. The van der Waals surface area contributed by atoms with E-state index >= 15 is 0 Å². The van der Waals surface area contributed by atoms with Crippen LogP contribution in [0.2, 0.25) is 0 Å². The molecule has 1 aliphatic heterocycles. The van der Waals surface area contributed by atoms with E-state index in [2.05, 4.69) is 53.2 Å². The lowest BCUT2D eigenvalue weighted by atomic mass is 10.0. The lowest BCUT2D eigenvalue weighted by molar-refractivity contribution is 0.177. The second-order valence-electron chi connectivity index (χ2n) is 7.84. The zero-order chi connectivity index (χ0) is 19.8. The predicted molar refractivity (Wildman–Crippen MR) is 121 cm³/mol. The average molecular weight is 400 g/mol. The van der Waals surface area contributed by atoms with Crippen molar-refractivity contribution in [2.75, 3.05) is 31.5 Å². The number of hydrogen-bond donors (Lipinski definition) is 1. The van der Waals surface area contributed by atoms with Crippen LogP contribution in [0.15, 0.2) is 47.1 Å². The Hall–Kier alpha value is -1.85. The lowest BCUT2D eigenvalue weighted by Gasteiger charge is -2.32. The quantitative estimate of drug-likeness (QED) is 0.620. The van der Waals surface area contributed by atoms with Crippen molar-refractivity contribution in [2.45, 2.75) is 46.1 Å². The molecular weight excluding hydrogens is 366 g/mol. The van der Waals surface area contributed by atoms with Gasteiger partial charge < -0.3 is 19.5 Å². The van der Waals surface area contributed by atoms with Gasteiger partial charge in [-0.25, -0.2) is 0 Å². The topological polar surface area (TPSA) is 31.6 Å². The van der Waals surface area contributed by atoms with Crippen LogP contribution in [0.4, 0.5) is 5.69 Å².